The number of hydrogen-bond acceptors (Lipinski definition) is 4. The maximum atomic E-state index is 10.7. The second kappa shape index (κ2) is 4.74. The van der Waals surface area contributed by atoms with Gasteiger partial charge in [0.1, 0.15) is 5.75 Å². The third kappa shape index (κ3) is 2.83. The smallest absolute Gasteiger partial charge is 0.308 e. The minimum absolute atomic E-state index is 0.217. The van der Waals surface area contributed by atoms with Crippen LogP contribution in [-0.2, 0) is 4.79 Å². The van der Waals surface area contributed by atoms with E-state index in [9.17, 15) is 4.79 Å². The first-order valence-electron chi connectivity index (χ1n) is 4.37. The van der Waals surface area contributed by atoms with Gasteiger partial charge >= 0.3 is 5.97 Å². The highest BCUT2D eigenvalue weighted by Gasteiger charge is 2.05. The quantitative estimate of drug-likeness (QED) is 0.544. The summed E-state index contributed by atoms with van der Waals surface area (Å²) in [4.78, 5) is 10.7. The van der Waals surface area contributed by atoms with E-state index in [1.807, 2.05) is 6.07 Å². The Morgan fingerprint density at radius 3 is 2.86 bits per heavy atom. The summed E-state index contributed by atoms with van der Waals surface area (Å²) in [6.07, 6.45) is 0. The van der Waals surface area contributed by atoms with Gasteiger partial charge in [-0.1, -0.05) is 12.1 Å². The molecule has 0 radical (unpaired) electrons. The van der Waals surface area contributed by atoms with Crippen LogP contribution in [0.2, 0.25) is 0 Å². The Labute approximate surface area is 82.8 Å². The van der Waals surface area contributed by atoms with Gasteiger partial charge in [0.15, 0.2) is 0 Å². The number of carbonyl (C=O) groups is 1. The number of nitrogens with two attached hydrogens (primary N) is 2. The van der Waals surface area contributed by atoms with Gasteiger partial charge in [0.25, 0.3) is 0 Å². The minimum atomic E-state index is -0.344. The molecule has 0 saturated heterocycles. The first-order chi connectivity index (χ1) is 6.63. The topological polar surface area (TPSA) is 78.3 Å². The molecule has 4 nitrogen and oxygen atoms in total. The summed E-state index contributed by atoms with van der Waals surface area (Å²) in [5, 5.41) is 0. The van der Waals surface area contributed by atoms with Crippen LogP contribution >= 0.6 is 0 Å². The number of ether oxygens (including phenoxy) is 1. The van der Waals surface area contributed by atoms with Crippen molar-refractivity contribution in [3.63, 3.8) is 0 Å². The molecular formula is C10H14N2O2. The first-order valence-corrected chi connectivity index (χ1v) is 4.37. The molecule has 0 aliphatic carbocycles. The predicted octanol–water partition coefficient (Wildman–Crippen LogP) is 0.570. The zero-order valence-corrected chi connectivity index (χ0v) is 8.07. The van der Waals surface area contributed by atoms with Gasteiger partial charge < -0.3 is 16.2 Å². The standard InChI is InChI=1S/C10H14N2O2/c1-7(13)14-9-4-2-3-8(5-9)10(12)6-11/h2-5,10H,6,11-12H2,1H3/t10-/m1/s1. The largest absolute Gasteiger partial charge is 0.427 e. The predicted molar refractivity (Wildman–Crippen MR) is 53.7 cm³/mol. The molecule has 0 aliphatic rings. The van der Waals surface area contributed by atoms with Gasteiger partial charge in [0.2, 0.25) is 0 Å². The number of carbonyl (C=O) groups excluding carboxylic acids is 1. The van der Waals surface area contributed by atoms with Crippen molar-refractivity contribution in [2.45, 2.75) is 13.0 Å². The normalized spacial score (nSPS) is 12.2. The maximum Gasteiger partial charge on any atom is 0.308 e. The number of rotatable bonds is 3. The Balaban J connectivity index is 2.83. The van der Waals surface area contributed by atoms with Crippen molar-refractivity contribution in [2.24, 2.45) is 11.5 Å². The highest BCUT2D eigenvalue weighted by atomic mass is 16.5. The van der Waals surface area contributed by atoms with Gasteiger partial charge in [-0.3, -0.25) is 4.79 Å². The van der Waals surface area contributed by atoms with E-state index in [0.29, 0.717) is 12.3 Å². The molecule has 1 aromatic rings. The van der Waals surface area contributed by atoms with Crippen LogP contribution in [0.3, 0.4) is 0 Å². The Hall–Kier alpha value is -1.39. The van der Waals surface area contributed by atoms with Gasteiger partial charge in [-0.15, -0.1) is 0 Å². The molecule has 4 N–H and O–H groups in total. The van der Waals surface area contributed by atoms with E-state index in [0.717, 1.165) is 5.56 Å². The van der Waals surface area contributed by atoms with Crippen LogP contribution in [0.4, 0.5) is 0 Å². The Kier molecular flexibility index (Phi) is 3.62. The summed E-state index contributed by atoms with van der Waals surface area (Å²) in [7, 11) is 0. The molecule has 0 bridgehead atoms. The fourth-order valence-corrected chi connectivity index (χ4v) is 1.11. The van der Waals surface area contributed by atoms with Crippen molar-refractivity contribution in [3.05, 3.63) is 29.8 Å². The Bertz CT molecular complexity index is 326. The molecule has 0 spiro atoms. The lowest BCUT2D eigenvalue weighted by atomic mass is 10.1. The van der Waals surface area contributed by atoms with E-state index in [2.05, 4.69) is 0 Å². The molecule has 0 saturated carbocycles. The molecule has 0 aliphatic heterocycles. The molecular weight excluding hydrogens is 180 g/mol. The van der Waals surface area contributed by atoms with Crippen molar-refractivity contribution >= 4 is 5.97 Å². The van der Waals surface area contributed by atoms with Crippen LogP contribution in [0, 0.1) is 0 Å². The molecule has 1 aromatic carbocycles. The summed E-state index contributed by atoms with van der Waals surface area (Å²) in [5.41, 5.74) is 12.0. The van der Waals surface area contributed by atoms with Crippen LogP contribution in [0.15, 0.2) is 24.3 Å². The van der Waals surface area contributed by atoms with E-state index >= 15 is 0 Å². The number of esters is 1. The van der Waals surface area contributed by atoms with Gasteiger partial charge in [0.05, 0.1) is 0 Å². The van der Waals surface area contributed by atoms with Gasteiger partial charge in [0, 0.05) is 19.5 Å². The van der Waals surface area contributed by atoms with Crippen LogP contribution in [0.1, 0.15) is 18.5 Å². The molecule has 4 heteroatoms. The lowest BCUT2D eigenvalue weighted by Gasteiger charge is -2.10. The van der Waals surface area contributed by atoms with Crippen molar-refractivity contribution in [1.82, 2.24) is 0 Å². The van der Waals surface area contributed by atoms with Crippen LogP contribution in [-0.4, -0.2) is 12.5 Å². The molecule has 0 fully saturated rings. The van der Waals surface area contributed by atoms with Crippen molar-refractivity contribution in [3.8, 4) is 5.75 Å². The zero-order chi connectivity index (χ0) is 10.6. The van der Waals surface area contributed by atoms with E-state index in [4.69, 9.17) is 16.2 Å². The summed E-state index contributed by atoms with van der Waals surface area (Å²) in [5.74, 6) is 0.155. The Morgan fingerprint density at radius 2 is 2.29 bits per heavy atom. The number of benzene rings is 1. The van der Waals surface area contributed by atoms with Crippen LogP contribution in [0.5, 0.6) is 5.75 Å². The van der Waals surface area contributed by atoms with E-state index in [1.54, 1.807) is 18.2 Å². The molecule has 14 heavy (non-hydrogen) atoms. The highest BCUT2D eigenvalue weighted by molar-refractivity contribution is 5.69. The van der Waals surface area contributed by atoms with Crippen LogP contribution in [0.25, 0.3) is 0 Å². The first kappa shape index (κ1) is 10.7. The molecule has 0 aromatic heterocycles. The number of hydrogen-bond donors (Lipinski definition) is 2. The molecule has 0 amide bonds. The van der Waals surface area contributed by atoms with Gasteiger partial charge in [-0.25, -0.2) is 0 Å². The van der Waals surface area contributed by atoms with E-state index < -0.39 is 0 Å². The third-order valence-electron chi connectivity index (χ3n) is 1.80. The second-order valence-corrected chi connectivity index (χ2v) is 3.01. The Morgan fingerprint density at radius 1 is 1.57 bits per heavy atom. The lowest BCUT2D eigenvalue weighted by Crippen LogP contribution is -2.20. The SMILES string of the molecule is CC(=O)Oc1cccc([C@H](N)CN)c1. The van der Waals surface area contributed by atoms with Gasteiger partial charge in [-0.2, -0.15) is 0 Å². The zero-order valence-electron chi connectivity index (χ0n) is 8.07. The fourth-order valence-electron chi connectivity index (χ4n) is 1.11. The van der Waals surface area contributed by atoms with Crippen LogP contribution < -0.4 is 16.2 Å². The maximum absolute atomic E-state index is 10.7. The summed E-state index contributed by atoms with van der Waals surface area (Å²) in [6.45, 7) is 1.72. The van der Waals surface area contributed by atoms with Crippen molar-refractivity contribution in [1.29, 1.82) is 0 Å². The fraction of sp³-hybridized carbons (Fsp3) is 0.300. The molecule has 0 unspecified atom stereocenters. The molecule has 0 heterocycles. The average molecular weight is 194 g/mol. The molecule has 1 atom stereocenters. The highest BCUT2D eigenvalue weighted by Crippen LogP contribution is 2.17. The molecule has 76 valence electrons. The monoisotopic (exact) mass is 194 g/mol. The van der Waals surface area contributed by atoms with Gasteiger partial charge in [-0.05, 0) is 17.7 Å². The van der Waals surface area contributed by atoms with Crippen molar-refractivity contribution < 1.29 is 9.53 Å². The summed E-state index contributed by atoms with van der Waals surface area (Å²) >= 11 is 0. The van der Waals surface area contributed by atoms with Crippen molar-refractivity contribution in [2.75, 3.05) is 6.54 Å². The third-order valence-corrected chi connectivity index (χ3v) is 1.80. The summed E-state index contributed by atoms with van der Waals surface area (Å²) in [6, 6.07) is 6.84. The van der Waals surface area contributed by atoms with E-state index in [-0.39, 0.29) is 12.0 Å². The molecule has 1 rings (SSSR count). The average Bonchev–Trinajstić information content (AvgIpc) is 2.16. The minimum Gasteiger partial charge on any atom is -0.427 e. The summed E-state index contributed by atoms with van der Waals surface area (Å²) < 4.78 is 4.91. The van der Waals surface area contributed by atoms with E-state index in [1.165, 1.54) is 6.92 Å². The lowest BCUT2D eigenvalue weighted by molar-refractivity contribution is -0.131. The second-order valence-electron chi connectivity index (χ2n) is 3.01.